The van der Waals surface area contributed by atoms with E-state index < -0.39 is 11.9 Å². The minimum absolute atomic E-state index is 0.545. The topological polar surface area (TPSA) is 55.1 Å². The highest BCUT2D eigenvalue weighted by Gasteiger charge is 2.21. The molecule has 1 aromatic heterocycles. The van der Waals surface area contributed by atoms with Crippen LogP contribution in [-0.2, 0) is 11.8 Å². The summed E-state index contributed by atoms with van der Waals surface area (Å²) in [7, 11) is 1.78. The highest BCUT2D eigenvalue weighted by Crippen LogP contribution is 2.25. The van der Waals surface area contributed by atoms with Crippen LogP contribution in [0.1, 0.15) is 24.1 Å². The molecule has 0 bridgehead atoms. The molecule has 0 saturated heterocycles. The van der Waals surface area contributed by atoms with Crippen molar-refractivity contribution in [3.63, 3.8) is 0 Å². The lowest BCUT2D eigenvalue weighted by atomic mass is 10.0. The first-order valence-corrected chi connectivity index (χ1v) is 5.16. The Kier molecular flexibility index (Phi) is 2.42. The van der Waals surface area contributed by atoms with Gasteiger partial charge in [0.25, 0.3) is 0 Å². The average Bonchev–Trinajstić information content (AvgIpc) is 2.52. The van der Waals surface area contributed by atoms with Gasteiger partial charge in [-0.3, -0.25) is 9.48 Å². The minimum atomic E-state index is -0.827. The van der Waals surface area contributed by atoms with E-state index in [1.165, 1.54) is 0 Å². The number of carboxylic acid groups (broad SMARTS) is 1. The number of rotatable bonds is 2. The normalized spacial score (nSPS) is 12.9. The van der Waals surface area contributed by atoms with Crippen LogP contribution in [0.15, 0.2) is 18.2 Å². The fourth-order valence-corrected chi connectivity index (χ4v) is 1.96. The molecular formula is C12H14N2O2. The van der Waals surface area contributed by atoms with Crippen LogP contribution in [0, 0.1) is 6.92 Å². The Morgan fingerprint density at radius 2 is 2.19 bits per heavy atom. The van der Waals surface area contributed by atoms with Gasteiger partial charge in [0.2, 0.25) is 0 Å². The molecule has 1 atom stereocenters. The number of hydrogen-bond donors (Lipinski definition) is 1. The smallest absolute Gasteiger partial charge is 0.312 e. The fraction of sp³-hybridized carbons (Fsp3) is 0.333. The van der Waals surface area contributed by atoms with Crippen LogP contribution in [0.2, 0.25) is 0 Å². The van der Waals surface area contributed by atoms with E-state index in [-0.39, 0.29) is 0 Å². The summed E-state index contributed by atoms with van der Waals surface area (Å²) in [6.45, 7) is 3.67. The first-order valence-electron chi connectivity index (χ1n) is 5.16. The Bertz CT molecular complexity index is 557. The maximum absolute atomic E-state index is 11.0. The summed E-state index contributed by atoms with van der Waals surface area (Å²) in [5, 5.41) is 14.3. The molecule has 0 saturated carbocycles. The number of carbonyl (C=O) groups is 1. The van der Waals surface area contributed by atoms with Crippen molar-refractivity contribution in [3.8, 4) is 0 Å². The van der Waals surface area contributed by atoms with Gasteiger partial charge in [0, 0.05) is 12.4 Å². The van der Waals surface area contributed by atoms with Gasteiger partial charge in [-0.2, -0.15) is 5.10 Å². The molecule has 0 radical (unpaired) electrons. The highest BCUT2D eigenvalue weighted by molar-refractivity contribution is 5.88. The van der Waals surface area contributed by atoms with Crippen LogP contribution in [0.4, 0.5) is 0 Å². The zero-order valence-electron chi connectivity index (χ0n) is 9.56. The number of benzene rings is 1. The SMILES string of the molecule is Cc1ccc2nn(C)c(C(C)C(=O)O)c2c1. The van der Waals surface area contributed by atoms with Gasteiger partial charge < -0.3 is 5.11 Å². The third-order valence-corrected chi connectivity index (χ3v) is 2.81. The minimum Gasteiger partial charge on any atom is -0.481 e. The Morgan fingerprint density at radius 3 is 2.81 bits per heavy atom. The lowest BCUT2D eigenvalue weighted by molar-refractivity contribution is -0.138. The molecule has 4 heteroatoms. The van der Waals surface area contributed by atoms with Gasteiger partial charge in [0.1, 0.15) is 0 Å². The van der Waals surface area contributed by atoms with Crippen LogP contribution < -0.4 is 0 Å². The van der Waals surface area contributed by atoms with Crippen molar-refractivity contribution in [2.45, 2.75) is 19.8 Å². The van der Waals surface area contributed by atoms with E-state index in [1.54, 1.807) is 18.7 Å². The van der Waals surface area contributed by atoms with Crippen molar-refractivity contribution in [1.82, 2.24) is 9.78 Å². The molecule has 0 amide bonds. The van der Waals surface area contributed by atoms with Crippen molar-refractivity contribution in [2.75, 3.05) is 0 Å². The number of aryl methyl sites for hydroxylation is 2. The van der Waals surface area contributed by atoms with Crippen molar-refractivity contribution in [3.05, 3.63) is 29.5 Å². The maximum atomic E-state index is 11.0. The molecule has 0 aliphatic rings. The summed E-state index contributed by atoms with van der Waals surface area (Å²) in [6, 6.07) is 5.88. The lowest BCUT2D eigenvalue weighted by Crippen LogP contribution is -2.12. The molecule has 0 fully saturated rings. The van der Waals surface area contributed by atoms with Gasteiger partial charge in [-0.25, -0.2) is 0 Å². The molecule has 0 aliphatic carbocycles. The second-order valence-electron chi connectivity index (χ2n) is 4.09. The summed E-state index contributed by atoms with van der Waals surface area (Å²) < 4.78 is 1.66. The van der Waals surface area contributed by atoms with Crippen LogP contribution >= 0.6 is 0 Å². The molecule has 1 unspecified atom stereocenters. The zero-order valence-corrected chi connectivity index (χ0v) is 9.56. The van der Waals surface area contributed by atoms with Gasteiger partial charge in [0.05, 0.1) is 17.1 Å². The summed E-state index contributed by atoms with van der Waals surface area (Å²) >= 11 is 0. The first-order chi connectivity index (χ1) is 7.50. The number of aromatic nitrogens is 2. The lowest BCUT2D eigenvalue weighted by Gasteiger charge is -2.07. The third-order valence-electron chi connectivity index (χ3n) is 2.81. The predicted molar refractivity (Wildman–Crippen MR) is 61.5 cm³/mol. The molecule has 16 heavy (non-hydrogen) atoms. The van der Waals surface area contributed by atoms with Crippen LogP contribution in [0.25, 0.3) is 10.9 Å². The molecule has 1 N–H and O–H groups in total. The Balaban J connectivity index is 2.72. The first kappa shape index (κ1) is 10.7. The second-order valence-corrected chi connectivity index (χ2v) is 4.09. The molecule has 1 aromatic carbocycles. The van der Waals surface area contributed by atoms with E-state index in [9.17, 15) is 4.79 Å². The molecule has 2 aromatic rings. The van der Waals surface area contributed by atoms with Crippen LogP contribution in [0.5, 0.6) is 0 Å². The van der Waals surface area contributed by atoms with Gasteiger partial charge in [-0.15, -0.1) is 0 Å². The van der Waals surface area contributed by atoms with Gasteiger partial charge in [-0.1, -0.05) is 11.6 Å². The van der Waals surface area contributed by atoms with E-state index >= 15 is 0 Å². The number of hydrogen-bond acceptors (Lipinski definition) is 2. The number of aliphatic carboxylic acids is 1. The predicted octanol–water partition coefficient (Wildman–Crippen LogP) is 2.07. The van der Waals surface area contributed by atoms with Gasteiger partial charge in [-0.05, 0) is 26.0 Å². The standard InChI is InChI=1S/C12H14N2O2/c1-7-4-5-10-9(6-7)11(14(3)13-10)8(2)12(15)16/h4-6,8H,1-3H3,(H,15,16). The van der Waals surface area contributed by atoms with Crippen molar-refractivity contribution < 1.29 is 9.90 Å². The molecule has 0 spiro atoms. The highest BCUT2D eigenvalue weighted by atomic mass is 16.4. The van der Waals surface area contributed by atoms with Gasteiger partial charge >= 0.3 is 5.97 Å². The van der Waals surface area contributed by atoms with E-state index in [0.29, 0.717) is 0 Å². The Hall–Kier alpha value is -1.84. The van der Waals surface area contributed by atoms with Crippen LogP contribution in [0.3, 0.4) is 0 Å². The number of carboxylic acids is 1. The van der Waals surface area contributed by atoms with E-state index in [0.717, 1.165) is 22.2 Å². The van der Waals surface area contributed by atoms with Crippen LogP contribution in [-0.4, -0.2) is 20.9 Å². The monoisotopic (exact) mass is 218 g/mol. The zero-order chi connectivity index (χ0) is 11.9. The quantitative estimate of drug-likeness (QED) is 0.839. The number of nitrogens with zero attached hydrogens (tertiary/aromatic N) is 2. The van der Waals surface area contributed by atoms with E-state index in [4.69, 9.17) is 5.11 Å². The molecule has 84 valence electrons. The Morgan fingerprint density at radius 1 is 1.50 bits per heavy atom. The van der Waals surface area contributed by atoms with E-state index in [2.05, 4.69) is 5.10 Å². The van der Waals surface area contributed by atoms with Crippen molar-refractivity contribution in [1.29, 1.82) is 0 Å². The average molecular weight is 218 g/mol. The van der Waals surface area contributed by atoms with E-state index in [1.807, 2.05) is 25.1 Å². The number of fused-ring (bicyclic) bond motifs is 1. The largest absolute Gasteiger partial charge is 0.481 e. The molecule has 0 aliphatic heterocycles. The molecule has 1 heterocycles. The van der Waals surface area contributed by atoms with Crippen molar-refractivity contribution in [2.24, 2.45) is 7.05 Å². The maximum Gasteiger partial charge on any atom is 0.312 e. The summed E-state index contributed by atoms with van der Waals surface area (Å²) in [4.78, 5) is 11.0. The third kappa shape index (κ3) is 1.56. The molecule has 2 rings (SSSR count). The summed E-state index contributed by atoms with van der Waals surface area (Å²) in [5.74, 6) is -1.37. The summed E-state index contributed by atoms with van der Waals surface area (Å²) in [5.41, 5.74) is 2.71. The van der Waals surface area contributed by atoms with Gasteiger partial charge in [0.15, 0.2) is 0 Å². The van der Waals surface area contributed by atoms with Crippen molar-refractivity contribution >= 4 is 16.9 Å². The Labute approximate surface area is 93.5 Å². The fourth-order valence-electron chi connectivity index (χ4n) is 1.96. The second kappa shape index (κ2) is 3.63. The molecule has 4 nitrogen and oxygen atoms in total. The molecular weight excluding hydrogens is 204 g/mol. The summed E-state index contributed by atoms with van der Waals surface area (Å²) in [6.07, 6.45) is 0.